The van der Waals surface area contributed by atoms with Crippen LogP contribution < -0.4 is 10.2 Å². The Bertz CT molecular complexity index is 1710. The van der Waals surface area contributed by atoms with Gasteiger partial charge in [0.1, 0.15) is 13.2 Å². The zero-order chi connectivity index (χ0) is 61.9. The zero-order valence-corrected chi connectivity index (χ0v) is 57.4. The van der Waals surface area contributed by atoms with Crippen molar-refractivity contribution in [1.82, 2.24) is 5.32 Å². The van der Waals surface area contributed by atoms with Crippen LogP contribution in [0, 0.1) is 0 Å². The normalized spacial score (nSPS) is 14.2. The van der Waals surface area contributed by atoms with Gasteiger partial charge in [0, 0.05) is 6.42 Å². The van der Waals surface area contributed by atoms with E-state index in [0.29, 0.717) is 17.4 Å². The maximum Gasteiger partial charge on any atom is 0.268 e. The van der Waals surface area contributed by atoms with E-state index in [1.807, 2.05) is 27.2 Å². The summed E-state index contributed by atoms with van der Waals surface area (Å²) >= 11 is 0. The highest BCUT2D eigenvalue weighted by atomic mass is 31.2. The monoisotopic (exact) mass is 1210 g/mol. The molecule has 0 aromatic carbocycles. The molecule has 85 heavy (non-hydrogen) atoms. The molecule has 1 amide bonds. The molecule has 8 nitrogen and oxygen atoms in total. The van der Waals surface area contributed by atoms with E-state index in [4.69, 9.17) is 9.05 Å². The lowest BCUT2D eigenvalue weighted by Gasteiger charge is -2.29. The van der Waals surface area contributed by atoms with E-state index < -0.39 is 26.6 Å². The number of quaternary nitrogens is 1. The smallest absolute Gasteiger partial charge is 0.268 e. The van der Waals surface area contributed by atoms with Crippen molar-refractivity contribution in [3.8, 4) is 0 Å². The number of amides is 1. The van der Waals surface area contributed by atoms with Crippen LogP contribution in [0.5, 0.6) is 0 Å². The maximum atomic E-state index is 13.0. The number of rotatable bonds is 66. The van der Waals surface area contributed by atoms with Crippen molar-refractivity contribution in [2.75, 3.05) is 40.9 Å². The second kappa shape index (κ2) is 65.9. The van der Waals surface area contributed by atoms with Crippen molar-refractivity contribution in [1.29, 1.82) is 0 Å². The van der Waals surface area contributed by atoms with Crippen LogP contribution >= 0.6 is 7.82 Å². The zero-order valence-electron chi connectivity index (χ0n) is 56.5. The van der Waals surface area contributed by atoms with Gasteiger partial charge in [-0.3, -0.25) is 9.36 Å². The van der Waals surface area contributed by atoms with Crippen molar-refractivity contribution in [2.24, 2.45) is 0 Å². The SMILES string of the molecule is CC/C=C\C/C=C\C/C=C\C/C=C\C/C=C\CCCCCCCCCCCCCCCCCCCCCCCCCCCC(=O)NC(COP(=O)([O-])OCC[N+](C)(C)C)C(O)/C=C/CC/C=C/CC/C=C/CCCCCCCCCCCCCC. The molecule has 0 aliphatic carbocycles. The van der Waals surface area contributed by atoms with Gasteiger partial charge in [-0.15, -0.1) is 0 Å². The average Bonchev–Trinajstić information content (AvgIpc) is 3.48. The molecular weight excluding hydrogens is 1070 g/mol. The van der Waals surface area contributed by atoms with Gasteiger partial charge >= 0.3 is 0 Å². The quantitative estimate of drug-likeness (QED) is 0.0272. The second-order valence-corrected chi connectivity index (χ2v) is 27.0. The lowest BCUT2D eigenvalue weighted by Crippen LogP contribution is -2.45. The first-order chi connectivity index (χ1) is 41.5. The number of carbonyl (C=O) groups excluding carboxylic acids is 1. The van der Waals surface area contributed by atoms with E-state index in [2.05, 4.69) is 104 Å². The number of hydrogen-bond acceptors (Lipinski definition) is 6. The van der Waals surface area contributed by atoms with Crippen LogP contribution in [0.2, 0.25) is 0 Å². The molecule has 0 saturated carbocycles. The van der Waals surface area contributed by atoms with E-state index in [1.165, 1.54) is 231 Å². The highest BCUT2D eigenvalue weighted by Crippen LogP contribution is 2.38. The first kappa shape index (κ1) is 82.4. The summed E-state index contributed by atoms with van der Waals surface area (Å²) < 4.78 is 23.4. The fraction of sp³-hybridized carbons (Fsp3) is 0.776. The van der Waals surface area contributed by atoms with Crippen LogP contribution in [0.3, 0.4) is 0 Å². The molecule has 0 aliphatic rings. The summed E-state index contributed by atoms with van der Waals surface area (Å²) in [4.78, 5) is 25.6. The summed E-state index contributed by atoms with van der Waals surface area (Å²) in [6.45, 7) is 4.54. The predicted octanol–water partition coefficient (Wildman–Crippen LogP) is 22.6. The number of nitrogens with one attached hydrogen (secondary N) is 1. The Morgan fingerprint density at radius 1 is 0.424 bits per heavy atom. The Balaban J connectivity index is 3.99. The van der Waals surface area contributed by atoms with E-state index in [-0.39, 0.29) is 12.5 Å². The number of phosphoric acid groups is 1. The summed E-state index contributed by atoms with van der Waals surface area (Å²) in [6.07, 6.45) is 95.5. The minimum atomic E-state index is -4.62. The van der Waals surface area contributed by atoms with Crippen LogP contribution in [-0.4, -0.2) is 68.5 Å². The van der Waals surface area contributed by atoms with Crippen LogP contribution in [0.1, 0.15) is 328 Å². The molecule has 0 fully saturated rings. The number of unbranched alkanes of at least 4 members (excludes halogenated alkanes) is 39. The first-order valence-electron chi connectivity index (χ1n) is 36.1. The molecule has 0 spiro atoms. The first-order valence-corrected chi connectivity index (χ1v) is 37.6. The van der Waals surface area contributed by atoms with Gasteiger partial charge in [-0.05, 0) is 89.9 Å². The molecule has 0 aromatic rings. The summed E-state index contributed by atoms with van der Waals surface area (Å²) in [5.74, 6) is -0.207. The standard InChI is InChI=1S/C76H139N2O6P/c1-6-8-10-12-14-16-18-20-22-24-26-28-30-31-32-33-34-35-36-37-38-39-40-41-42-43-44-45-46-47-48-50-52-54-56-58-60-62-64-66-68-70-76(80)77-74(73-84-85(81,82)83-72-71-78(3,4)5)75(79)69-67-65-63-61-59-57-55-53-51-49-29-27-25-23-21-19-17-15-13-11-9-7-2/h8,10,14,16,20,22,26,28,31-32,51,53,59,61,67,69,74-75,79H,6-7,9,11-13,15,17-19,21,23-25,27,29-30,33-50,52,54-58,60,62-66,68,70-73H2,1-5H3,(H-,77,80,81,82)/b10-8-,16-14-,22-20-,28-26-,32-31-,53-51+,61-59+,69-67+. The third-order valence-corrected chi connectivity index (χ3v) is 17.0. The Morgan fingerprint density at radius 3 is 1.09 bits per heavy atom. The number of hydrogen-bond donors (Lipinski definition) is 2. The molecule has 0 heterocycles. The number of phosphoric ester groups is 1. The second-order valence-electron chi connectivity index (χ2n) is 25.5. The number of nitrogens with zero attached hydrogens (tertiary/aromatic N) is 1. The van der Waals surface area contributed by atoms with Crippen molar-refractivity contribution in [3.05, 3.63) is 97.2 Å². The fourth-order valence-electron chi connectivity index (χ4n) is 10.5. The Labute approximate surface area is 528 Å². The van der Waals surface area contributed by atoms with Crippen molar-refractivity contribution in [2.45, 2.75) is 341 Å². The number of aliphatic hydroxyl groups is 1. The van der Waals surface area contributed by atoms with Gasteiger partial charge in [0.15, 0.2) is 0 Å². The van der Waals surface area contributed by atoms with Gasteiger partial charge in [0.25, 0.3) is 7.82 Å². The van der Waals surface area contributed by atoms with Crippen LogP contribution in [0.25, 0.3) is 0 Å². The molecule has 494 valence electrons. The lowest BCUT2D eigenvalue weighted by atomic mass is 10.0. The molecule has 0 aromatic heterocycles. The molecule has 0 aliphatic heterocycles. The summed E-state index contributed by atoms with van der Waals surface area (Å²) in [7, 11) is 1.24. The molecule has 0 bridgehead atoms. The van der Waals surface area contributed by atoms with Crippen LogP contribution in [0.4, 0.5) is 0 Å². The highest BCUT2D eigenvalue weighted by molar-refractivity contribution is 7.45. The fourth-order valence-corrected chi connectivity index (χ4v) is 11.2. The van der Waals surface area contributed by atoms with Gasteiger partial charge in [-0.1, -0.05) is 329 Å². The van der Waals surface area contributed by atoms with Crippen LogP contribution in [-0.2, 0) is 18.4 Å². The van der Waals surface area contributed by atoms with Crippen molar-refractivity contribution < 1.29 is 32.9 Å². The summed E-state index contributed by atoms with van der Waals surface area (Å²) in [6, 6.07) is -0.913. The molecule has 0 rings (SSSR count). The minimum Gasteiger partial charge on any atom is -0.756 e. The minimum absolute atomic E-state index is 0.00995. The largest absolute Gasteiger partial charge is 0.756 e. The summed E-state index contributed by atoms with van der Waals surface area (Å²) in [5.41, 5.74) is 0. The molecule has 9 heteroatoms. The number of likely N-dealkylation sites (N-methyl/N-ethyl adjacent to an activating group) is 1. The van der Waals surface area contributed by atoms with Gasteiger partial charge < -0.3 is 28.8 Å². The average molecular weight is 1210 g/mol. The Kier molecular flexibility index (Phi) is 63.9. The third-order valence-electron chi connectivity index (χ3n) is 16.0. The molecule has 0 radical (unpaired) electrons. The Hall–Kier alpha value is -2.58. The van der Waals surface area contributed by atoms with Crippen molar-refractivity contribution >= 4 is 13.7 Å². The van der Waals surface area contributed by atoms with Gasteiger partial charge in [-0.25, -0.2) is 0 Å². The van der Waals surface area contributed by atoms with E-state index in [0.717, 1.165) is 77.0 Å². The van der Waals surface area contributed by atoms with Gasteiger partial charge in [0.2, 0.25) is 5.91 Å². The topological polar surface area (TPSA) is 108 Å². The number of aliphatic hydroxyl groups excluding tert-OH is 1. The van der Waals surface area contributed by atoms with E-state index in [9.17, 15) is 19.4 Å². The molecule has 2 N–H and O–H groups in total. The van der Waals surface area contributed by atoms with Gasteiger partial charge in [0.05, 0.1) is 39.9 Å². The number of allylic oxidation sites excluding steroid dienone is 15. The van der Waals surface area contributed by atoms with E-state index in [1.54, 1.807) is 6.08 Å². The molecule has 0 saturated heterocycles. The lowest BCUT2D eigenvalue weighted by molar-refractivity contribution is -0.870. The maximum absolute atomic E-state index is 13.0. The summed E-state index contributed by atoms with van der Waals surface area (Å²) in [5, 5.41) is 13.9. The predicted molar refractivity (Wildman–Crippen MR) is 371 cm³/mol. The molecule has 3 unspecified atom stereocenters. The third kappa shape index (κ3) is 68.8. The highest BCUT2D eigenvalue weighted by Gasteiger charge is 2.23. The van der Waals surface area contributed by atoms with Gasteiger partial charge in [-0.2, -0.15) is 0 Å². The van der Waals surface area contributed by atoms with E-state index >= 15 is 0 Å². The molecular formula is C76H139N2O6P. The number of carbonyl (C=O) groups is 1. The van der Waals surface area contributed by atoms with Crippen LogP contribution in [0.15, 0.2) is 97.2 Å². The van der Waals surface area contributed by atoms with Crippen molar-refractivity contribution in [3.63, 3.8) is 0 Å². The molecule has 3 atom stereocenters. The Morgan fingerprint density at radius 2 is 0.729 bits per heavy atom.